The van der Waals surface area contributed by atoms with Gasteiger partial charge in [-0.1, -0.05) is 66.5 Å². The molecule has 34 heavy (non-hydrogen) atoms. The number of hydrogen-bond donors (Lipinski definition) is 0. The van der Waals surface area contributed by atoms with Gasteiger partial charge in [0.25, 0.3) is 0 Å². The molecule has 0 atom stereocenters. The Morgan fingerprint density at radius 1 is 0.794 bits per heavy atom. The summed E-state index contributed by atoms with van der Waals surface area (Å²) < 4.78 is 5.61. The Balaban J connectivity index is 1.38. The van der Waals surface area contributed by atoms with Gasteiger partial charge >= 0.3 is 0 Å². The smallest absolute Gasteiger partial charge is 0.0717 e. The lowest BCUT2D eigenvalue weighted by Crippen LogP contribution is -2.13. The van der Waals surface area contributed by atoms with Crippen molar-refractivity contribution in [3.05, 3.63) is 108 Å². The highest BCUT2D eigenvalue weighted by molar-refractivity contribution is 5.44. The van der Waals surface area contributed by atoms with Gasteiger partial charge in [0.2, 0.25) is 0 Å². The molecule has 1 aliphatic carbocycles. The predicted octanol–water partition coefficient (Wildman–Crippen LogP) is 8.44. The van der Waals surface area contributed by atoms with Crippen molar-refractivity contribution < 1.29 is 4.74 Å². The molecule has 1 fully saturated rings. The minimum absolute atomic E-state index is 0.634. The van der Waals surface area contributed by atoms with Crippen LogP contribution in [0.25, 0.3) is 0 Å². The number of allylic oxidation sites excluding steroid dienone is 4. The van der Waals surface area contributed by atoms with E-state index >= 15 is 0 Å². The Labute approximate surface area is 207 Å². The molecule has 3 rings (SSSR count). The van der Waals surface area contributed by atoms with Crippen LogP contribution in [0.3, 0.4) is 0 Å². The van der Waals surface area contributed by atoms with Crippen LogP contribution in [0.2, 0.25) is 0 Å². The van der Waals surface area contributed by atoms with Crippen LogP contribution in [0.1, 0.15) is 74.1 Å². The first kappa shape index (κ1) is 25.8. The Bertz CT molecular complexity index is 958. The van der Waals surface area contributed by atoms with Crippen molar-refractivity contribution in [2.24, 2.45) is 11.8 Å². The van der Waals surface area contributed by atoms with Gasteiger partial charge in [-0.15, -0.1) is 6.58 Å². The molecule has 1 aliphatic rings. The van der Waals surface area contributed by atoms with Gasteiger partial charge in [0, 0.05) is 11.1 Å². The fourth-order valence-corrected chi connectivity index (χ4v) is 4.45. The van der Waals surface area contributed by atoms with Crippen molar-refractivity contribution in [2.45, 2.75) is 64.9 Å². The molecule has 0 heterocycles. The Kier molecular flexibility index (Phi) is 11.5. The van der Waals surface area contributed by atoms with E-state index in [-0.39, 0.29) is 0 Å². The Morgan fingerprint density at radius 3 is 1.91 bits per heavy atom. The molecule has 0 radical (unpaired) electrons. The van der Waals surface area contributed by atoms with E-state index in [1.165, 1.54) is 49.7 Å². The third kappa shape index (κ3) is 9.58. The lowest BCUT2D eigenvalue weighted by atomic mass is 9.79. The van der Waals surface area contributed by atoms with Crippen LogP contribution in [0.5, 0.6) is 0 Å². The van der Waals surface area contributed by atoms with Crippen molar-refractivity contribution in [3.8, 4) is 11.8 Å². The fourth-order valence-electron chi connectivity index (χ4n) is 4.45. The van der Waals surface area contributed by atoms with Crippen LogP contribution in [-0.4, -0.2) is 6.61 Å². The molecule has 0 unspecified atom stereocenters. The minimum Gasteiger partial charge on any atom is -0.376 e. The van der Waals surface area contributed by atoms with Gasteiger partial charge in [-0.05, 0) is 106 Å². The van der Waals surface area contributed by atoms with Crippen LogP contribution in [0, 0.1) is 23.7 Å². The largest absolute Gasteiger partial charge is 0.376 e. The van der Waals surface area contributed by atoms with Gasteiger partial charge < -0.3 is 4.74 Å². The highest BCUT2D eigenvalue weighted by Gasteiger charge is 2.19. The quantitative estimate of drug-likeness (QED) is 0.189. The molecule has 0 spiro atoms. The summed E-state index contributed by atoms with van der Waals surface area (Å²) in [5, 5.41) is 0. The van der Waals surface area contributed by atoms with E-state index in [1.54, 1.807) is 0 Å². The summed E-state index contributed by atoms with van der Waals surface area (Å²) in [6.45, 7) is 7.19. The van der Waals surface area contributed by atoms with Crippen molar-refractivity contribution in [1.29, 1.82) is 0 Å². The SMILES string of the molecule is C=CCCOCc1ccc(C#Cc2ccc(CC=CCC3CCC(CC=CC)CC3)cc2)cc1. The third-order valence-electron chi connectivity index (χ3n) is 6.66. The second-order valence-corrected chi connectivity index (χ2v) is 9.38. The van der Waals surface area contributed by atoms with Crippen molar-refractivity contribution in [1.82, 2.24) is 0 Å². The average Bonchev–Trinajstić information content (AvgIpc) is 2.89. The summed E-state index contributed by atoms with van der Waals surface area (Å²) in [5.74, 6) is 8.35. The molecule has 2 aromatic rings. The first-order chi connectivity index (χ1) is 16.8. The van der Waals surface area contributed by atoms with Gasteiger partial charge in [-0.25, -0.2) is 0 Å². The number of hydrogen-bond acceptors (Lipinski definition) is 1. The summed E-state index contributed by atoms with van der Waals surface area (Å²) in [4.78, 5) is 0. The Hall–Kier alpha value is -2.82. The minimum atomic E-state index is 0.634. The molecule has 0 bridgehead atoms. The first-order valence-corrected chi connectivity index (χ1v) is 12.9. The van der Waals surface area contributed by atoms with Gasteiger partial charge in [-0.2, -0.15) is 0 Å². The van der Waals surface area contributed by atoms with E-state index in [2.05, 4.69) is 98.2 Å². The molecule has 178 valence electrons. The predicted molar refractivity (Wildman–Crippen MR) is 146 cm³/mol. The molecular weight excluding hydrogens is 412 g/mol. The maximum absolute atomic E-state index is 5.61. The van der Waals surface area contributed by atoms with E-state index in [9.17, 15) is 0 Å². The topological polar surface area (TPSA) is 9.23 Å². The molecule has 0 aliphatic heterocycles. The van der Waals surface area contributed by atoms with E-state index in [1.807, 2.05) is 6.08 Å². The summed E-state index contributed by atoms with van der Waals surface area (Å²) in [6, 6.07) is 17.0. The molecule has 1 saturated carbocycles. The molecule has 0 amide bonds. The zero-order valence-electron chi connectivity index (χ0n) is 20.8. The lowest BCUT2D eigenvalue weighted by Gasteiger charge is -2.27. The van der Waals surface area contributed by atoms with Crippen LogP contribution in [0.15, 0.2) is 85.5 Å². The molecule has 1 nitrogen and oxygen atoms in total. The van der Waals surface area contributed by atoms with Crippen molar-refractivity contribution in [3.63, 3.8) is 0 Å². The summed E-state index contributed by atoms with van der Waals surface area (Å²) in [6.07, 6.45) is 21.1. The highest BCUT2D eigenvalue weighted by Crippen LogP contribution is 2.33. The summed E-state index contributed by atoms with van der Waals surface area (Å²) in [5.41, 5.74) is 4.60. The van der Waals surface area contributed by atoms with E-state index in [4.69, 9.17) is 4.74 Å². The zero-order valence-corrected chi connectivity index (χ0v) is 20.8. The van der Waals surface area contributed by atoms with Gasteiger partial charge in [0.15, 0.2) is 0 Å². The van der Waals surface area contributed by atoms with Gasteiger partial charge in [0.05, 0.1) is 13.2 Å². The molecule has 0 aromatic heterocycles. The molecule has 0 N–H and O–H groups in total. The van der Waals surface area contributed by atoms with Crippen LogP contribution in [0.4, 0.5) is 0 Å². The maximum atomic E-state index is 5.61. The van der Waals surface area contributed by atoms with Crippen LogP contribution >= 0.6 is 0 Å². The standard InChI is InChI=1S/C33H40O/c1-3-5-9-28-12-14-29(15-13-28)10-7-8-11-30-16-18-31(19-17-30)20-21-32-22-24-33(25-23-32)27-34-26-6-4-2/h3-5,7-8,16-19,22-25,28-29H,2,6,9-15,26-27H2,1H3. The van der Waals surface area contributed by atoms with Crippen LogP contribution in [-0.2, 0) is 17.8 Å². The summed E-state index contributed by atoms with van der Waals surface area (Å²) >= 11 is 0. The van der Waals surface area contributed by atoms with Gasteiger partial charge in [-0.3, -0.25) is 0 Å². The van der Waals surface area contributed by atoms with Crippen LogP contribution < -0.4 is 0 Å². The number of ether oxygens (including phenoxy) is 1. The second-order valence-electron chi connectivity index (χ2n) is 9.38. The van der Waals surface area contributed by atoms with Crippen molar-refractivity contribution in [2.75, 3.05) is 6.61 Å². The normalized spacial score (nSPS) is 18.1. The molecular formula is C33H40O. The average molecular weight is 453 g/mol. The first-order valence-electron chi connectivity index (χ1n) is 12.9. The Morgan fingerprint density at radius 2 is 1.35 bits per heavy atom. The molecule has 0 saturated heterocycles. The third-order valence-corrected chi connectivity index (χ3v) is 6.66. The number of benzene rings is 2. The zero-order chi connectivity index (χ0) is 23.8. The molecule has 1 heteroatoms. The second kappa shape index (κ2) is 15.2. The van der Waals surface area contributed by atoms with E-state index in [0.29, 0.717) is 6.61 Å². The summed E-state index contributed by atoms with van der Waals surface area (Å²) in [7, 11) is 0. The monoisotopic (exact) mass is 452 g/mol. The number of rotatable bonds is 11. The lowest BCUT2D eigenvalue weighted by molar-refractivity contribution is 0.125. The maximum Gasteiger partial charge on any atom is 0.0717 e. The fraction of sp³-hybridized carbons (Fsp3) is 0.394. The highest BCUT2D eigenvalue weighted by atomic mass is 16.5. The van der Waals surface area contributed by atoms with E-state index < -0.39 is 0 Å². The van der Waals surface area contributed by atoms with E-state index in [0.717, 1.165) is 42.4 Å². The van der Waals surface area contributed by atoms with Gasteiger partial charge in [0.1, 0.15) is 0 Å². The van der Waals surface area contributed by atoms with Crippen molar-refractivity contribution >= 4 is 0 Å². The molecule has 2 aromatic carbocycles.